The lowest BCUT2D eigenvalue weighted by Crippen LogP contribution is -2.39. The van der Waals surface area contributed by atoms with Gasteiger partial charge in [-0.1, -0.05) is 19.9 Å². The molecule has 1 aromatic carbocycles. The van der Waals surface area contributed by atoms with Crippen LogP contribution >= 0.6 is 0 Å². The molecule has 0 spiro atoms. The van der Waals surface area contributed by atoms with Crippen LogP contribution in [0.3, 0.4) is 0 Å². The molecular formula is C14H20N2O4. The van der Waals surface area contributed by atoms with Crippen molar-refractivity contribution < 1.29 is 14.5 Å². The summed E-state index contributed by atoms with van der Waals surface area (Å²) in [5, 5.41) is 13.7. The largest absolute Gasteiger partial charge is 0.477 e. The first kappa shape index (κ1) is 15.9. The summed E-state index contributed by atoms with van der Waals surface area (Å²) in [4.78, 5) is 22.1. The number of nitro groups is 1. The zero-order valence-corrected chi connectivity index (χ0v) is 12.2. The van der Waals surface area contributed by atoms with Gasteiger partial charge in [0.15, 0.2) is 12.4 Å². The van der Waals surface area contributed by atoms with Crippen LogP contribution in [0.2, 0.25) is 0 Å². The van der Waals surface area contributed by atoms with Crippen molar-refractivity contribution in [3.63, 3.8) is 0 Å². The van der Waals surface area contributed by atoms with Crippen LogP contribution in [0.15, 0.2) is 18.2 Å². The van der Waals surface area contributed by atoms with Crippen LogP contribution in [-0.2, 0) is 4.79 Å². The van der Waals surface area contributed by atoms with E-state index in [-0.39, 0.29) is 30.0 Å². The Morgan fingerprint density at radius 2 is 2.05 bits per heavy atom. The molecule has 1 N–H and O–H groups in total. The highest BCUT2D eigenvalue weighted by Crippen LogP contribution is 2.27. The van der Waals surface area contributed by atoms with Gasteiger partial charge in [0.05, 0.1) is 4.92 Å². The number of nitrogens with one attached hydrogen (secondary N) is 1. The fourth-order valence-corrected chi connectivity index (χ4v) is 1.50. The number of hydrogen-bond acceptors (Lipinski definition) is 4. The van der Waals surface area contributed by atoms with E-state index < -0.39 is 4.92 Å². The van der Waals surface area contributed by atoms with Crippen molar-refractivity contribution in [1.29, 1.82) is 0 Å². The Hall–Kier alpha value is -2.11. The van der Waals surface area contributed by atoms with Gasteiger partial charge in [-0.25, -0.2) is 0 Å². The summed E-state index contributed by atoms with van der Waals surface area (Å²) in [7, 11) is 0. The van der Waals surface area contributed by atoms with E-state index in [0.717, 1.165) is 5.56 Å². The molecule has 0 aliphatic carbocycles. The summed E-state index contributed by atoms with van der Waals surface area (Å²) in [6.07, 6.45) is 0. The minimum atomic E-state index is -0.517. The minimum Gasteiger partial charge on any atom is -0.477 e. The van der Waals surface area contributed by atoms with Gasteiger partial charge in [-0.05, 0) is 31.4 Å². The zero-order valence-electron chi connectivity index (χ0n) is 12.2. The summed E-state index contributed by atoms with van der Waals surface area (Å²) >= 11 is 0. The van der Waals surface area contributed by atoms with Gasteiger partial charge in [-0.3, -0.25) is 14.9 Å². The SMILES string of the molecule is Cc1ccc(OCC(=O)N[C@H](C)C(C)C)c([N+](=O)[O-])c1. The number of ether oxygens (including phenoxy) is 1. The Morgan fingerprint density at radius 3 is 2.60 bits per heavy atom. The molecular weight excluding hydrogens is 260 g/mol. The standard InChI is InChI=1S/C14H20N2O4/c1-9(2)11(4)15-14(17)8-20-13-6-5-10(3)7-12(13)16(18)19/h5-7,9,11H,8H2,1-4H3,(H,15,17)/t11-/m1/s1. The van der Waals surface area contributed by atoms with Crippen LogP contribution in [0.4, 0.5) is 5.69 Å². The predicted molar refractivity (Wildman–Crippen MR) is 75.8 cm³/mol. The van der Waals surface area contributed by atoms with Gasteiger partial charge in [-0.2, -0.15) is 0 Å². The Morgan fingerprint density at radius 1 is 1.40 bits per heavy atom. The first-order chi connectivity index (χ1) is 9.31. The van der Waals surface area contributed by atoms with Gasteiger partial charge in [0, 0.05) is 12.1 Å². The van der Waals surface area contributed by atoms with Crippen LogP contribution in [0, 0.1) is 23.0 Å². The lowest BCUT2D eigenvalue weighted by atomic mass is 10.1. The van der Waals surface area contributed by atoms with Crippen LogP contribution in [-0.4, -0.2) is 23.5 Å². The van der Waals surface area contributed by atoms with Crippen molar-refractivity contribution in [3.8, 4) is 5.75 Å². The average molecular weight is 280 g/mol. The second-order valence-corrected chi connectivity index (χ2v) is 5.12. The summed E-state index contributed by atoms with van der Waals surface area (Å²) < 4.78 is 5.24. The van der Waals surface area contributed by atoms with E-state index in [9.17, 15) is 14.9 Å². The molecule has 6 heteroatoms. The number of nitro benzene ring substituents is 1. The van der Waals surface area contributed by atoms with E-state index in [1.54, 1.807) is 13.0 Å². The van der Waals surface area contributed by atoms with Crippen LogP contribution in [0.5, 0.6) is 5.75 Å². The molecule has 1 rings (SSSR count). The molecule has 0 heterocycles. The second kappa shape index (κ2) is 6.88. The number of aryl methyl sites for hydroxylation is 1. The number of carbonyl (C=O) groups excluding carboxylic acids is 1. The van der Waals surface area contributed by atoms with Crippen LogP contribution in [0.1, 0.15) is 26.3 Å². The summed E-state index contributed by atoms with van der Waals surface area (Å²) in [5.41, 5.74) is 0.636. The third-order valence-electron chi connectivity index (χ3n) is 3.06. The van der Waals surface area contributed by atoms with E-state index in [1.165, 1.54) is 12.1 Å². The van der Waals surface area contributed by atoms with Gasteiger partial charge < -0.3 is 10.1 Å². The number of rotatable bonds is 6. The van der Waals surface area contributed by atoms with E-state index in [0.29, 0.717) is 5.92 Å². The van der Waals surface area contributed by atoms with Crippen molar-refractivity contribution in [2.45, 2.75) is 33.7 Å². The van der Waals surface area contributed by atoms with Gasteiger partial charge in [0.25, 0.3) is 5.91 Å². The van der Waals surface area contributed by atoms with Crippen molar-refractivity contribution in [1.82, 2.24) is 5.32 Å². The number of hydrogen-bond donors (Lipinski definition) is 1. The Bertz CT molecular complexity index is 500. The minimum absolute atomic E-state index is 0.0269. The normalized spacial score (nSPS) is 12.1. The van der Waals surface area contributed by atoms with Crippen LogP contribution in [0.25, 0.3) is 0 Å². The number of amides is 1. The predicted octanol–water partition coefficient (Wildman–Crippen LogP) is 2.44. The molecule has 110 valence electrons. The first-order valence-corrected chi connectivity index (χ1v) is 6.48. The maximum Gasteiger partial charge on any atom is 0.311 e. The molecule has 0 aliphatic rings. The molecule has 0 bridgehead atoms. The third-order valence-corrected chi connectivity index (χ3v) is 3.06. The topological polar surface area (TPSA) is 81.5 Å². The smallest absolute Gasteiger partial charge is 0.311 e. The molecule has 0 unspecified atom stereocenters. The highest BCUT2D eigenvalue weighted by atomic mass is 16.6. The fourth-order valence-electron chi connectivity index (χ4n) is 1.50. The molecule has 0 aliphatic heterocycles. The summed E-state index contributed by atoms with van der Waals surface area (Å²) in [5.74, 6) is 0.127. The van der Waals surface area contributed by atoms with E-state index >= 15 is 0 Å². The Labute approximate surface area is 118 Å². The quantitative estimate of drug-likeness (QED) is 0.641. The summed E-state index contributed by atoms with van der Waals surface area (Å²) in [6, 6.07) is 4.66. The lowest BCUT2D eigenvalue weighted by Gasteiger charge is -2.17. The van der Waals surface area contributed by atoms with E-state index in [2.05, 4.69) is 5.32 Å². The molecule has 0 fully saturated rings. The molecule has 0 radical (unpaired) electrons. The second-order valence-electron chi connectivity index (χ2n) is 5.12. The van der Waals surface area contributed by atoms with E-state index in [1.807, 2.05) is 20.8 Å². The molecule has 0 saturated carbocycles. The maximum absolute atomic E-state index is 11.7. The fraction of sp³-hybridized carbons (Fsp3) is 0.500. The lowest BCUT2D eigenvalue weighted by molar-refractivity contribution is -0.385. The average Bonchev–Trinajstić information content (AvgIpc) is 2.36. The van der Waals surface area contributed by atoms with Crippen LogP contribution < -0.4 is 10.1 Å². The first-order valence-electron chi connectivity index (χ1n) is 6.48. The van der Waals surface area contributed by atoms with Crippen molar-refractivity contribution in [2.24, 2.45) is 5.92 Å². The Balaban J connectivity index is 2.66. The molecule has 0 saturated heterocycles. The van der Waals surface area contributed by atoms with Crippen molar-refractivity contribution in [3.05, 3.63) is 33.9 Å². The number of carbonyl (C=O) groups is 1. The molecule has 6 nitrogen and oxygen atoms in total. The monoisotopic (exact) mass is 280 g/mol. The molecule has 1 amide bonds. The number of benzene rings is 1. The molecule has 0 aromatic heterocycles. The summed E-state index contributed by atoms with van der Waals surface area (Å²) in [6.45, 7) is 7.42. The third kappa shape index (κ3) is 4.53. The van der Waals surface area contributed by atoms with E-state index in [4.69, 9.17) is 4.74 Å². The zero-order chi connectivity index (χ0) is 15.3. The van der Waals surface area contributed by atoms with Gasteiger partial charge >= 0.3 is 5.69 Å². The Kier molecular flexibility index (Phi) is 5.49. The van der Waals surface area contributed by atoms with Crippen molar-refractivity contribution in [2.75, 3.05) is 6.61 Å². The number of nitrogens with zero attached hydrogens (tertiary/aromatic N) is 1. The molecule has 20 heavy (non-hydrogen) atoms. The highest BCUT2D eigenvalue weighted by Gasteiger charge is 2.17. The van der Waals surface area contributed by atoms with Crippen molar-refractivity contribution >= 4 is 11.6 Å². The van der Waals surface area contributed by atoms with Gasteiger partial charge in [0.2, 0.25) is 0 Å². The van der Waals surface area contributed by atoms with Gasteiger partial charge in [0.1, 0.15) is 0 Å². The molecule has 1 atom stereocenters. The van der Waals surface area contributed by atoms with Gasteiger partial charge in [-0.15, -0.1) is 0 Å². The molecule has 1 aromatic rings. The highest BCUT2D eigenvalue weighted by molar-refractivity contribution is 5.78. The maximum atomic E-state index is 11.7.